The summed E-state index contributed by atoms with van der Waals surface area (Å²) in [6.07, 6.45) is 2.97. The van der Waals surface area contributed by atoms with Crippen molar-refractivity contribution < 1.29 is 0 Å². The first kappa shape index (κ1) is 28.0. The van der Waals surface area contributed by atoms with E-state index in [9.17, 15) is 0 Å². The first-order valence-corrected chi connectivity index (χ1v) is 16.5. The topological polar surface area (TPSA) is 38.4 Å². The molecule has 2 N–H and O–H groups in total. The van der Waals surface area contributed by atoms with Crippen LogP contribution in [0.25, 0.3) is 70.3 Å². The van der Waals surface area contributed by atoms with Crippen LogP contribution in [0.2, 0.25) is 0 Å². The van der Waals surface area contributed by atoms with Crippen LogP contribution in [0.3, 0.4) is 0 Å². The maximum atomic E-state index is 6.78. The van der Waals surface area contributed by atoms with Gasteiger partial charge in [-0.2, -0.15) is 0 Å². The average molecular weight is 613 g/mol. The Balaban J connectivity index is 1.25. The Hall–Kier alpha value is -6.25. The molecule has 48 heavy (non-hydrogen) atoms. The molecular formula is C46H32N2. The van der Waals surface area contributed by atoms with E-state index in [2.05, 4.69) is 140 Å². The van der Waals surface area contributed by atoms with Gasteiger partial charge in [0.25, 0.3) is 0 Å². The van der Waals surface area contributed by atoms with Crippen LogP contribution in [-0.2, 0) is 6.42 Å². The molecule has 0 saturated carbocycles. The third-order valence-corrected chi connectivity index (χ3v) is 9.66. The number of nitrogens with two attached hydrogens (primary N) is 1. The molecule has 9 aromatic rings. The molecule has 9 rings (SSSR count). The van der Waals surface area contributed by atoms with Crippen LogP contribution in [0.15, 0.2) is 175 Å². The minimum Gasteiger partial charge on any atom is -0.383 e. The minimum absolute atomic E-state index is 0.500. The molecule has 2 heteroatoms. The summed E-state index contributed by atoms with van der Waals surface area (Å²) in [5.74, 6) is 0.500. The van der Waals surface area contributed by atoms with Crippen LogP contribution in [0.5, 0.6) is 0 Å². The molecule has 0 aliphatic rings. The van der Waals surface area contributed by atoms with Gasteiger partial charge < -0.3 is 5.73 Å². The standard InChI is InChI=1S/C46H32N2/c47-46(33-12-2-1-3-13-33)48-43(45-40-17-9-6-14-34(40)29-36-21-20-32-11-5-8-16-39(32)44(36)45)27-19-30-18-24-38-35(28-30)23-26-41-37-15-7-4-10-31(37)22-25-42(38)41/h1-18,20-29H,19H2,(H2,47,48)/b43-27-. The second kappa shape index (κ2) is 11.5. The molecular weight excluding hydrogens is 581 g/mol. The molecule has 0 aliphatic heterocycles. The first-order chi connectivity index (χ1) is 23.7. The number of aliphatic imine (C=N–C) groups is 1. The van der Waals surface area contributed by atoms with Gasteiger partial charge >= 0.3 is 0 Å². The van der Waals surface area contributed by atoms with Crippen LogP contribution < -0.4 is 5.73 Å². The lowest BCUT2D eigenvalue weighted by Crippen LogP contribution is -2.13. The largest absolute Gasteiger partial charge is 0.383 e. The normalized spacial score (nSPS) is 12.6. The highest BCUT2D eigenvalue weighted by molar-refractivity contribution is 6.20. The summed E-state index contributed by atoms with van der Waals surface area (Å²) in [5.41, 5.74) is 10.9. The number of fused-ring (bicyclic) bond motifs is 9. The van der Waals surface area contributed by atoms with Gasteiger partial charge in [-0.05, 0) is 82.7 Å². The fourth-order valence-electron chi connectivity index (χ4n) is 7.33. The van der Waals surface area contributed by atoms with Gasteiger partial charge in [-0.15, -0.1) is 0 Å². The summed E-state index contributed by atoms with van der Waals surface area (Å²) in [4.78, 5) is 5.23. The van der Waals surface area contributed by atoms with Crippen molar-refractivity contribution in [3.63, 3.8) is 0 Å². The number of hydrogen-bond acceptors (Lipinski definition) is 1. The second-order valence-corrected chi connectivity index (χ2v) is 12.5. The van der Waals surface area contributed by atoms with E-state index in [0.717, 1.165) is 22.2 Å². The number of amidine groups is 1. The molecule has 0 aliphatic carbocycles. The molecule has 226 valence electrons. The lowest BCUT2D eigenvalue weighted by Gasteiger charge is -2.16. The molecule has 0 saturated heterocycles. The zero-order valence-electron chi connectivity index (χ0n) is 26.4. The maximum absolute atomic E-state index is 6.78. The number of nitrogens with zero attached hydrogens (tertiary/aromatic N) is 1. The Labute approximate surface area is 279 Å². The first-order valence-electron chi connectivity index (χ1n) is 16.5. The predicted octanol–water partition coefficient (Wildman–Crippen LogP) is 11.6. The summed E-state index contributed by atoms with van der Waals surface area (Å²) >= 11 is 0. The third kappa shape index (κ3) is 4.78. The fraction of sp³-hybridized carbons (Fsp3) is 0.0217. The highest BCUT2D eigenvalue weighted by Gasteiger charge is 2.16. The number of benzene rings is 9. The lowest BCUT2D eigenvalue weighted by molar-refractivity contribution is 1.27. The quantitative estimate of drug-likeness (QED) is 0.0893. The molecule has 0 fully saturated rings. The van der Waals surface area contributed by atoms with Gasteiger partial charge in [0.1, 0.15) is 5.84 Å². The molecule has 0 amide bonds. The Kier molecular flexibility index (Phi) is 6.72. The molecule has 2 nitrogen and oxygen atoms in total. The van der Waals surface area contributed by atoms with Gasteiger partial charge in [0.15, 0.2) is 0 Å². The van der Waals surface area contributed by atoms with E-state index in [1.54, 1.807) is 0 Å². The van der Waals surface area contributed by atoms with Crippen molar-refractivity contribution in [2.45, 2.75) is 6.42 Å². The SMILES string of the molecule is N/C(=N\C(=C/Cc1ccc2c(ccc3c4ccccc4ccc23)c1)c1c2ccccc2cc2ccc3ccccc3c12)c1ccccc1. The summed E-state index contributed by atoms with van der Waals surface area (Å²) < 4.78 is 0. The summed E-state index contributed by atoms with van der Waals surface area (Å²) in [5, 5.41) is 14.8. The van der Waals surface area contributed by atoms with E-state index in [4.69, 9.17) is 10.7 Å². The number of allylic oxidation sites excluding steroid dienone is 1. The van der Waals surface area contributed by atoms with Crippen molar-refractivity contribution >= 4 is 76.2 Å². The molecule has 0 aromatic heterocycles. The molecule has 0 radical (unpaired) electrons. The van der Waals surface area contributed by atoms with E-state index in [0.29, 0.717) is 12.3 Å². The Morgan fingerprint density at radius 1 is 0.458 bits per heavy atom. The van der Waals surface area contributed by atoms with Crippen LogP contribution in [0.4, 0.5) is 0 Å². The van der Waals surface area contributed by atoms with Gasteiger partial charge in [0.05, 0.1) is 5.70 Å². The Morgan fingerprint density at radius 3 is 1.79 bits per heavy atom. The van der Waals surface area contributed by atoms with Crippen LogP contribution >= 0.6 is 0 Å². The van der Waals surface area contributed by atoms with E-state index < -0.39 is 0 Å². The number of rotatable bonds is 5. The highest BCUT2D eigenvalue weighted by atomic mass is 14.9. The van der Waals surface area contributed by atoms with Gasteiger partial charge in [-0.1, -0.05) is 164 Å². The van der Waals surface area contributed by atoms with Crippen molar-refractivity contribution in [1.82, 2.24) is 0 Å². The molecule has 0 atom stereocenters. The average Bonchev–Trinajstić information content (AvgIpc) is 3.15. The minimum atomic E-state index is 0.500. The Bertz CT molecular complexity index is 2750. The van der Waals surface area contributed by atoms with E-state index in [-0.39, 0.29) is 0 Å². The monoisotopic (exact) mass is 612 g/mol. The maximum Gasteiger partial charge on any atom is 0.131 e. The molecule has 0 heterocycles. The molecule has 0 spiro atoms. The highest BCUT2D eigenvalue weighted by Crippen LogP contribution is 2.39. The van der Waals surface area contributed by atoms with Gasteiger partial charge in [-0.25, -0.2) is 4.99 Å². The Morgan fingerprint density at radius 2 is 1.00 bits per heavy atom. The van der Waals surface area contributed by atoms with E-state index in [1.165, 1.54) is 64.8 Å². The van der Waals surface area contributed by atoms with Crippen LogP contribution in [0.1, 0.15) is 16.7 Å². The van der Waals surface area contributed by atoms with E-state index in [1.807, 2.05) is 30.3 Å². The second-order valence-electron chi connectivity index (χ2n) is 12.5. The van der Waals surface area contributed by atoms with Crippen molar-refractivity contribution in [2.75, 3.05) is 0 Å². The smallest absolute Gasteiger partial charge is 0.131 e. The van der Waals surface area contributed by atoms with Crippen molar-refractivity contribution in [2.24, 2.45) is 10.7 Å². The molecule has 9 aromatic carbocycles. The van der Waals surface area contributed by atoms with E-state index >= 15 is 0 Å². The molecule has 0 unspecified atom stereocenters. The van der Waals surface area contributed by atoms with Crippen LogP contribution in [-0.4, -0.2) is 5.84 Å². The van der Waals surface area contributed by atoms with Crippen molar-refractivity contribution in [3.05, 3.63) is 187 Å². The van der Waals surface area contributed by atoms with Gasteiger partial charge in [0, 0.05) is 11.1 Å². The number of hydrogen-bond donors (Lipinski definition) is 1. The third-order valence-electron chi connectivity index (χ3n) is 9.66. The predicted molar refractivity (Wildman–Crippen MR) is 207 cm³/mol. The van der Waals surface area contributed by atoms with Crippen molar-refractivity contribution in [3.8, 4) is 0 Å². The zero-order valence-corrected chi connectivity index (χ0v) is 26.4. The van der Waals surface area contributed by atoms with Gasteiger partial charge in [0.2, 0.25) is 0 Å². The summed E-state index contributed by atoms with van der Waals surface area (Å²) in [6.45, 7) is 0. The summed E-state index contributed by atoms with van der Waals surface area (Å²) in [6, 6.07) is 58.5. The fourth-order valence-corrected chi connectivity index (χ4v) is 7.33. The molecule has 0 bridgehead atoms. The lowest BCUT2D eigenvalue weighted by atomic mass is 9.90. The summed E-state index contributed by atoms with van der Waals surface area (Å²) in [7, 11) is 0. The van der Waals surface area contributed by atoms with Crippen molar-refractivity contribution in [1.29, 1.82) is 0 Å². The zero-order chi connectivity index (χ0) is 32.0. The van der Waals surface area contributed by atoms with Crippen LogP contribution in [0, 0.1) is 0 Å². The van der Waals surface area contributed by atoms with Gasteiger partial charge in [-0.3, -0.25) is 0 Å².